The Morgan fingerprint density at radius 2 is 0.800 bits per heavy atom. The first-order valence-electron chi connectivity index (χ1n) is 23.9. The Hall–Kier alpha value is -9.39. The van der Waals surface area contributed by atoms with Gasteiger partial charge >= 0.3 is 0 Å². The quantitative estimate of drug-likeness (QED) is 0.172. The van der Waals surface area contributed by atoms with Crippen LogP contribution in [0.15, 0.2) is 243 Å². The topological polar surface area (TPSA) is 50.1 Å². The van der Waals surface area contributed by atoms with Crippen LogP contribution in [0.4, 0.5) is 34.4 Å². The normalized spacial score (nSPS) is 13.5. The molecule has 326 valence electrons. The molecule has 0 bridgehead atoms. The molecule has 0 radical (unpaired) electrons. The van der Waals surface area contributed by atoms with Crippen molar-refractivity contribution in [3.63, 3.8) is 0 Å². The van der Waals surface area contributed by atoms with Crippen LogP contribution in [-0.2, 0) is 5.41 Å². The fourth-order valence-electron chi connectivity index (χ4n) is 11.9. The number of aromatic nitrogens is 4. The fraction of sp³-hybridized carbons (Fsp3) is 0.0156. The number of nitrogens with zero attached hydrogens (tertiary/aromatic N) is 6. The SMILES string of the molecule is c1ccc(-c2nc(-c3ccc4c(c3)-c3ccccc3C43c4ccccc4-c4ccccc43)nc(N3c4ccccc4N(c4ccccc4)c4cc5c6ccccc6n(-c6ccccc6)c5cc43)n2)cc1. The molecule has 3 aliphatic rings. The molecule has 10 aromatic carbocycles. The summed E-state index contributed by atoms with van der Waals surface area (Å²) in [6.07, 6.45) is 0. The van der Waals surface area contributed by atoms with E-state index in [4.69, 9.17) is 15.0 Å². The zero-order valence-corrected chi connectivity index (χ0v) is 37.8. The second-order valence-corrected chi connectivity index (χ2v) is 18.3. The lowest BCUT2D eigenvalue weighted by molar-refractivity contribution is 0.794. The summed E-state index contributed by atoms with van der Waals surface area (Å²) in [6, 6.07) is 87.3. The minimum Gasteiger partial charge on any atom is -0.309 e. The second-order valence-electron chi connectivity index (χ2n) is 18.3. The van der Waals surface area contributed by atoms with Gasteiger partial charge in [0.2, 0.25) is 5.95 Å². The predicted octanol–water partition coefficient (Wildman–Crippen LogP) is 15.9. The van der Waals surface area contributed by atoms with Crippen molar-refractivity contribution in [1.29, 1.82) is 0 Å². The van der Waals surface area contributed by atoms with Crippen molar-refractivity contribution in [3.8, 4) is 50.7 Å². The molecular formula is C64H40N6. The van der Waals surface area contributed by atoms with Gasteiger partial charge in [-0.2, -0.15) is 9.97 Å². The summed E-state index contributed by atoms with van der Waals surface area (Å²) < 4.78 is 2.38. The molecule has 1 aliphatic heterocycles. The van der Waals surface area contributed by atoms with Crippen molar-refractivity contribution >= 4 is 56.2 Å². The Morgan fingerprint density at radius 3 is 1.47 bits per heavy atom. The van der Waals surface area contributed by atoms with Gasteiger partial charge < -0.3 is 9.47 Å². The number of benzene rings is 10. The molecular weight excluding hydrogens is 853 g/mol. The summed E-state index contributed by atoms with van der Waals surface area (Å²) in [7, 11) is 0. The van der Waals surface area contributed by atoms with Crippen molar-refractivity contribution in [1.82, 2.24) is 19.5 Å². The third-order valence-electron chi connectivity index (χ3n) is 14.8. The first-order chi connectivity index (χ1) is 34.7. The number of hydrogen-bond donors (Lipinski definition) is 0. The number of para-hydroxylation sites is 5. The van der Waals surface area contributed by atoms with Gasteiger partial charge in [-0.05, 0) is 105 Å². The Kier molecular flexibility index (Phi) is 8.18. The van der Waals surface area contributed by atoms with Gasteiger partial charge in [-0.1, -0.05) is 182 Å². The third-order valence-corrected chi connectivity index (χ3v) is 14.8. The minimum atomic E-state index is -0.448. The molecule has 0 saturated carbocycles. The van der Waals surface area contributed by atoms with Crippen LogP contribution >= 0.6 is 0 Å². The Balaban J connectivity index is 0.992. The van der Waals surface area contributed by atoms with E-state index in [1.165, 1.54) is 49.9 Å². The summed E-state index contributed by atoms with van der Waals surface area (Å²) in [5.74, 6) is 1.73. The van der Waals surface area contributed by atoms with E-state index in [2.05, 4.69) is 239 Å². The molecule has 3 heterocycles. The molecule has 0 fully saturated rings. The van der Waals surface area contributed by atoms with Gasteiger partial charge in [0, 0.05) is 33.3 Å². The van der Waals surface area contributed by atoms with Crippen molar-refractivity contribution in [3.05, 3.63) is 265 Å². The summed E-state index contributed by atoms with van der Waals surface area (Å²) in [6.45, 7) is 0. The molecule has 2 aromatic heterocycles. The van der Waals surface area contributed by atoms with Crippen LogP contribution in [0.3, 0.4) is 0 Å². The summed E-state index contributed by atoms with van der Waals surface area (Å²) in [4.78, 5) is 21.0. The molecule has 70 heavy (non-hydrogen) atoms. The van der Waals surface area contributed by atoms with Crippen LogP contribution in [0, 0.1) is 0 Å². The molecule has 2 aliphatic carbocycles. The second kappa shape index (κ2) is 14.8. The van der Waals surface area contributed by atoms with Gasteiger partial charge in [-0.3, -0.25) is 4.90 Å². The highest BCUT2D eigenvalue weighted by atomic mass is 15.3. The Bertz CT molecular complexity index is 4040. The highest BCUT2D eigenvalue weighted by Gasteiger charge is 2.51. The summed E-state index contributed by atoms with van der Waals surface area (Å²) >= 11 is 0. The maximum atomic E-state index is 5.57. The summed E-state index contributed by atoms with van der Waals surface area (Å²) in [5.41, 5.74) is 19.9. The van der Waals surface area contributed by atoms with Crippen LogP contribution in [0.2, 0.25) is 0 Å². The molecule has 1 spiro atoms. The van der Waals surface area contributed by atoms with Gasteiger partial charge in [0.15, 0.2) is 11.6 Å². The average molecular weight is 893 g/mol. The zero-order chi connectivity index (χ0) is 45.9. The van der Waals surface area contributed by atoms with Crippen molar-refractivity contribution < 1.29 is 0 Å². The van der Waals surface area contributed by atoms with Gasteiger partial charge in [0.1, 0.15) is 0 Å². The molecule has 0 N–H and O–H groups in total. The molecule has 0 unspecified atom stereocenters. The van der Waals surface area contributed by atoms with E-state index in [0.717, 1.165) is 61.7 Å². The van der Waals surface area contributed by atoms with Gasteiger partial charge in [0.05, 0.1) is 39.2 Å². The number of anilines is 6. The van der Waals surface area contributed by atoms with E-state index >= 15 is 0 Å². The first kappa shape index (κ1) is 38.7. The van der Waals surface area contributed by atoms with Crippen molar-refractivity contribution in [2.24, 2.45) is 0 Å². The molecule has 12 aromatic rings. The van der Waals surface area contributed by atoms with Gasteiger partial charge in [-0.15, -0.1) is 0 Å². The van der Waals surface area contributed by atoms with Crippen LogP contribution < -0.4 is 9.80 Å². The fourth-order valence-corrected chi connectivity index (χ4v) is 11.9. The molecule has 0 amide bonds. The van der Waals surface area contributed by atoms with E-state index < -0.39 is 5.41 Å². The van der Waals surface area contributed by atoms with E-state index in [1.54, 1.807) is 0 Å². The van der Waals surface area contributed by atoms with E-state index in [9.17, 15) is 0 Å². The predicted molar refractivity (Wildman–Crippen MR) is 284 cm³/mol. The van der Waals surface area contributed by atoms with E-state index in [-0.39, 0.29) is 0 Å². The Morgan fingerprint density at radius 1 is 0.300 bits per heavy atom. The van der Waals surface area contributed by atoms with E-state index in [0.29, 0.717) is 17.6 Å². The molecule has 6 heteroatoms. The number of hydrogen-bond acceptors (Lipinski definition) is 5. The smallest absolute Gasteiger partial charge is 0.238 e. The monoisotopic (exact) mass is 892 g/mol. The lowest BCUT2D eigenvalue weighted by Crippen LogP contribution is -2.26. The van der Waals surface area contributed by atoms with Crippen LogP contribution in [-0.4, -0.2) is 19.5 Å². The van der Waals surface area contributed by atoms with Gasteiger partial charge in [0.25, 0.3) is 0 Å². The van der Waals surface area contributed by atoms with E-state index in [1.807, 2.05) is 18.2 Å². The average Bonchev–Trinajstić information content (AvgIpc) is 4.04. The third kappa shape index (κ3) is 5.35. The molecule has 0 atom stereocenters. The van der Waals surface area contributed by atoms with Gasteiger partial charge in [-0.25, -0.2) is 4.98 Å². The molecule has 15 rings (SSSR count). The molecule has 6 nitrogen and oxygen atoms in total. The van der Waals surface area contributed by atoms with Crippen molar-refractivity contribution in [2.45, 2.75) is 5.41 Å². The molecule has 0 saturated heterocycles. The summed E-state index contributed by atoms with van der Waals surface area (Å²) in [5, 5.41) is 2.34. The van der Waals surface area contributed by atoms with Crippen LogP contribution in [0.1, 0.15) is 22.3 Å². The maximum Gasteiger partial charge on any atom is 0.238 e. The largest absolute Gasteiger partial charge is 0.309 e. The van der Waals surface area contributed by atoms with Crippen LogP contribution in [0.5, 0.6) is 0 Å². The Labute approximate surface area is 404 Å². The lowest BCUT2D eigenvalue weighted by atomic mass is 9.70. The van der Waals surface area contributed by atoms with Crippen LogP contribution in [0.25, 0.3) is 72.5 Å². The zero-order valence-electron chi connectivity index (χ0n) is 37.8. The standard InChI is InChI=1S/C64H40N6/c1-4-20-41(21-5-1)61-65-62(42-36-37-54-49(38-42)47-28-12-16-32-53(47)64(54)51-30-14-10-26-45(51)46-27-11-15-31-52(46)64)67-63(66-61)70-57-35-19-18-34-56(57)69(44-24-8-3-9-25-44)59-39-50-48-29-13-17-33-55(48)68(58(50)40-60(59)70)43-22-6-2-7-23-43/h1-40H. The first-order valence-corrected chi connectivity index (χ1v) is 23.9. The van der Waals surface area contributed by atoms with Crippen molar-refractivity contribution in [2.75, 3.05) is 9.80 Å². The number of fused-ring (bicyclic) bond motifs is 15. The maximum absolute atomic E-state index is 5.57. The number of rotatable bonds is 5. The lowest BCUT2D eigenvalue weighted by Gasteiger charge is -2.39. The highest BCUT2D eigenvalue weighted by Crippen LogP contribution is 2.63. The minimum absolute atomic E-state index is 0.448. The highest BCUT2D eigenvalue weighted by molar-refractivity contribution is 6.15.